The highest BCUT2D eigenvalue weighted by molar-refractivity contribution is 5.53. The highest BCUT2D eigenvalue weighted by atomic mass is 15.4. The molecule has 7 heteroatoms. The smallest absolute Gasteiger partial charge is 0.245 e. The van der Waals surface area contributed by atoms with Crippen LogP contribution in [-0.2, 0) is 0 Å². The van der Waals surface area contributed by atoms with Gasteiger partial charge in [-0.15, -0.1) is 5.10 Å². The predicted octanol–water partition coefficient (Wildman–Crippen LogP) is 0.631. The van der Waals surface area contributed by atoms with Crippen LogP contribution in [0.25, 0.3) is 11.4 Å². The van der Waals surface area contributed by atoms with E-state index in [1.165, 1.54) is 12.8 Å². The summed E-state index contributed by atoms with van der Waals surface area (Å²) in [5.41, 5.74) is 0.933. The number of hydrogen-bond acceptors (Lipinski definition) is 5. The Morgan fingerprint density at radius 3 is 3.26 bits per heavy atom. The molecule has 1 saturated heterocycles. The summed E-state index contributed by atoms with van der Waals surface area (Å²) in [4.78, 5) is 6.81. The lowest BCUT2D eigenvalue weighted by molar-refractivity contribution is 0.399. The number of aromatic nitrogens is 5. The molecule has 2 aromatic rings. The van der Waals surface area contributed by atoms with E-state index < -0.39 is 0 Å². The SMILES string of the molecule is CNCC1CCCN(c2n[nH]c(-c3cn[nH]c3)n2)C1. The molecule has 1 aliphatic heterocycles. The van der Waals surface area contributed by atoms with Gasteiger partial charge in [0.25, 0.3) is 0 Å². The molecular weight excluding hydrogens is 242 g/mol. The van der Waals surface area contributed by atoms with Crippen LogP contribution < -0.4 is 10.2 Å². The van der Waals surface area contributed by atoms with Gasteiger partial charge in [0.15, 0.2) is 5.82 Å². The maximum Gasteiger partial charge on any atom is 0.245 e. The first-order valence-corrected chi connectivity index (χ1v) is 6.68. The molecule has 0 saturated carbocycles. The fourth-order valence-corrected chi connectivity index (χ4v) is 2.61. The number of rotatable bonds is 4. The van der Waals surface area contributed by atoms with Gasteiger partial charge in [-0.1, -0.05) is 0 Å². The molecule has 1 atom stereocenters. The third-order valence-electron chi connectivity index (χ3n) is 3.54. The normalized spacial score (nSPS) is 19.8. The Bertz CT molecular complexity index is 502. The number of nitrogens with zero attached hydrogens (tertiary/aromatic N) is 4. The van der Waals surface area contributed by atoms with Crippen LogP contribution in [0.3, 0.4) is 0 Å². The first-order chi connectivity index (χ1) is 9.36. The molecule has 3 rings (SSSR count). The van der Waals surface area contributed by atoms with E-state index in [4.69, 9.17) is 0 Å². The summed E-state index contributed by atoms with van der Waals surface area (Å²) in [6, 6.07) is 0. The Labute approximate surface area is 111 Å². The molecule has 2 aromatic heterocycles. The van der Waals surface area contributed by atoms with Crippen molar-refractivity contribution in [3.63, 3.8) is 0 Å². The fourth-order valence-electron chi connectivity index (χ4n) is 2.61. The zero-order chi connectivity index (χ0) is 13.1. The van der Waals surface area contributed by atoms with Gasteiger partial charge >= 0.3 is 0 Å². The van der Waals surface area contributed by atoms with Gasteiger partial charge in [-0.25, -0.2) is 0 Å². The van der Waals surface area contributed by atoms with Crippen molar-refractivity contribution in [1.29, 1.82) is 0 Å². The van der Waals surface area contributed by atoms with Crippen LogP contribution in [-0.4, -0.2) is 52.1 Å². The van der Waals surface area contributed by atoms with Crippen molar-refractivity contribution < 1.29 is 0 Å². The Kier molecular flexibility index (Phi) is 3.45. The first kappa shape index (κ1) is 12.2. The van der Waals surface area contributed by atoms with Crippen molar-refractivity contribution in [3.8, 4) is 11.4 Å². The molecule has 3 heterocycles. The highest BCUT2D eigenvalue weighted by Gasteiger charge is 2.22. The maximum atomic E-state index is 4.55. The van der Waals surface area contributed by atoms with Gasteiger partial charge in [0.2, 0.25) is 5.95 Å². The number of aromatic amines is 2. The third kappa shape index (κ3) is 2.60. The van der Waals surface area contributed by atoms with Crippen molar-refractivity contribution in [1.82, 2.24) is 30.7 Å². The van der Waals surface area contributed by atoms with Crippen molar-refractivity contribution in [2.45, 2.75) is 12.8 Å². The predicted molar refractivity (Wildman–Crippen MR) is 72.8 cm³/mol. The van der Waals surface area contributed by atoms with E-state index in [1.807, 2.05) is 13.2 Å². The monoisotopic (exact) mass is 261 g/mol. The second-order valence-corrected chi connectivity index (χ2v) is 4.98. The topological polar surface area (TPSA) is 85.5 Å². The van der Waals surface area contributed by atoms with Gasteiger partial charge in [0.1, 0.15) is 0 Å². The Morgan fingerprint density at radius 2 is 2.47 bits per heavy atom. The highest BCUT2D eigenvalue weighted by Crippen LogP contribution is 2.22. The van der Waals surface area contributed by atoms with E-state index in [2.05, 4.69) is 35.6 Å². The summed E-state index contributed by atoms with van der Waals surface area (Å²) >= 11 is 0. The second kappa shape index (κ2) is 5.40. The summed E-state index contributed by atoms with van der Waals surface area (Å²) in [7, 11) is 2.00. The van der Waals surface area contributed by atoms with Gasteiger partial charge in [-0.2, -0.15) is 10.1 Å². The van der Waals surface area contributed by atoms with Crippen LogP contribution in [0.4, 0.5) is 5.95 Å². The largest absolute Gasteiger partial charge is 0.339 e. The molecule has 0 bridgehead atoms. The van der Waals surface area contributed by atoms with E-state index >= 15 is 0 Å². The van der Waals surface area contributed by atoms with Gasteiger partial charge in [0.05, 0.1) is 11.8 Å². The lowest BCUT2D eigenvalue weighted by atomic mass is 9.98. The summed E-state index contributed by atoms with van der Waals surface area (Å²) < 4.78 is 0. The number of anilines is 1. The van der Waals surface area contributed by atoms with Crippen molar-refractivity contribution in [2.75, 3.05) is 31.6 Å². The molecule has 0 aliphatic carbocycles. The van der Waals surface area contributed by atoms with Gasteiger partial charge in [-0.05, 0) is 32.4 Å². The Balaban J connectivity index is 1.72. The van der Waals surface area contributed by atoms with Gasteiger partial charge in [-0.3, -0.25) is 10.2 Å². The van der Waals surface area contributed by atoms with Crippen LogP contribution in [0.5, 0.6) is 0 Å². The average molecular weight is 261 g/mol. The molecule has 102 valence electrons. The molecule has 0 aromatic carbocycles. The summed E-state index contributed by atoms with van der Waals surface area (Å²) in [6.07, 6.45) is 6.02. The van der Waals surface area contributed by atoms with E-state index in [0.717, 1.165) is 37.0 Å². The molecule has 3 N–H and O–H groups in total. The van der Waals surface area contributed by atoms with Crippen LogP contribution in [0.15, 0.2) is 12.4 Å². The van der Waals surface area contributed by atoms with Crippen LogP contribution in [0, 0.1) is 5.92 Å². The maximum absolute atomic E-state index is 4.55. The van der Waals surface area contributed by atoms with Crippen LogP contribution in [0.1, 0.15) is 12.8 Å². The molecule has 1 aliphatic rings. The molecule has 0 amide bonds. The first-order valence-electron chi connectivity index (χ1n) is 6.68. The molecular formula is C12H19N7. The number of hydrogen-bond donors (Lipinski definition) is 3. The third-order valence-corrected chi connectivity index (χ3v) is 3.54. The van der Waals surface area contributed by atoms with Crippen molar-refractivity contribution in [3.05, 3.63) is 12.4 Å². The number of nitrogens with one attached hydrogen (secondary N) is 3. The van der Waals surface area contributed by atoms with E-state index in [-0.39, 0.29) is 0 Å². The summed E-state index contributed by atoms with van der Waals surface area (Å²) in [5.74, 6) is 2.23. The zero-order valence-electron chi connectivity index (χ0n) is 11.1. The molecule has 0 spiro atoms. The fraction of sp³-hybridized carbons (Fsp3) is 0.583. The van der Waals surface area contributed by atoms with Crippen LogP contribution in [0.2, 0.25) is 0 Å². The zero-order valence-corrected chi connectivity index (χ0v) is 11.1. The Morgan fingerprint density at radius 1 is 1.53 bits per heavy atom. The minimum absolute atomic E-state index is 0.676. The number of H-pyrrole nitrogens is 2. The minimum atomic E-state index is 0.676. The lowest BCUT2D eigenvalue weighted by Crippen LogP contribution is -2.39. The molecule has 19 heavy (non-hydrogen) atoms. The van der Waals surface area contributed by atoms with Crippen LogP contribution >= 0.6 is 0 Å². The standard InChI is InChI=1S/C12H19N7/c1-13-5-9-3-2-4-19(8-9)12-16-11(17-18-12)10-6-14-15-7-10/h6-7,9,13H,2-5,8H2,1H3,(H,14,15)(H,16,17,18). The average Bonchev–Trinajstić information content (AvgIpc) is 3.11. The van der Waals surface area contributed by atoms with E-state index in [1.54, 1.807) is 6.20 Å². The van der Waals surface area contributed by atoms with Crippen molar-refractivity contribution >= 4 is 5.95 Å². The number of piperidine rings is 1. The van der Waals surface area contributed by atoms with Gasteiger partial charge in [0, 0.05) is 19.3 Å². The summed E-state index contributed by atoms with van der Waals surface area (Å²) in [6.45, 7) is 3.10. The van der Waals surface area contributed by atoms with E-state index in [0.29, 0.717) is 5.92 Å². The quantitative estimate of drug-likeness (QED) is 0.751. The second-order valence-electron chi connectivity index (χ2n) is 4.98. The molecule has 1 fully saturated rings. The van der Waals surface area contributed by atoms with Gasteiger partial charge < -0.3 is 10.2 Å². The lowest BCUT2D eigenvalue weighted by Gasteiger charge is -2.31. The minimum Gasteiger partial charge on any atom is -0.339 e. The Hall–Kier alpha value is -1.89. The summed E-state index contributed by atoms with van der Waals surface area (Å²) in [5, 5.41) is 17.2. The van der Waals surface area contributed by atoms with E-state index in [9.17, 15) is 0 Å². The van der Waals surface area contributed by atoms with Crippen molar-refractivity contribution in [2.24, 2.45) is 5.92 Å². The molecule has 1 unspecified atom stereocenters. The molecule has 0 radical (unpaired) electrons. The molecule has 7 nitrogen and oxygen atoms in total.